The summed E-state index contributed by atoms with van der Waals surface area (Å²) in [7, 11) is -1.48. The second kappa shape index (κ2) is 8.25. The summed E-state index contributed by atoms with van der Waals surface area (Å²) in [5, 5.41) is 10.9. The van der Waals surface area contributed by atoms with Crippen molar-refractivity contribution in [2.75, 3.05) is 14.2 Å². The molecule has 0 heterocycles. The minimum Gasteiger partial charge on any atom is -0.454 e. The molecule has 0 bridgehead atoms. The van der Waals surface area contributed by atoms with Crippen LogP contribution in [-0.2, 0) is 19.6 Å². The Kier molecular flexibility index (Phi) is 6.26. The van der Waals surface area contributed by atoms with Gasteiger partial charge < -0.3 is 4.74 Å². The van der Waals surface area contributed by atoms with Gasteiger partial charge in [0, 0.05) is 19.2 Å². The lowest BCUT2D eigenvalue weighted by Crippen LogP contribution is -2.26. The Morgan fingerprint density at radius 3 is 2.48 bits per heavy atom. The lowest BCUT2D eigenvalue weighted by atomic mass is 10.1. The van der Waals surface area contributed by atoms with Crippen molar-refractivity contribution in [1.82, 2.24) is 4.47 Å². The third-order valence-electron chi connectivity index (χ3n) is 3.80. The summed E-state index contributed by atoms with van der Waals surface area (Å²) in [6, 6.07) is 11.0. The van der Waals surface area contributed by atoms with Crippen LogP contribution in [0.15, 0.2) is 53.4 Å². The molecule has 0 N–H and O–H groups in total. The Morgan fingerprint density at radius 1 is 1.19 bits per heavy atom. The molecular weight excluding hydrogens is 376 g/mol. The number of carbonyl (C=O) groups is 1. The van der Waals surface area contributed by atoms with E-state index in [2.05, 4.69) is 0 Å². The van der Waals surface area contributed by atoms with Crippen molar-refractivity contribution in [3.05, 3.63) is 69.8 Å². The molecule has 0 aliphatic rings. The molecule has 0 aliphatic heterocycles. The van der Waals surface area contributed by atoms with E-state index in [1.807, 2.05) is 0 Å². The van der Waals surface area contributed by atoms with E-state index >= 15 is 0 Å². The largest absolute Gasteiger partial charge is 0.454 e. The first-order valence-corrected chi connectivity index (χ1v) is 9.19. The average molecular weight is 394 g/mol. The molecule has 0 saturated carbocycles. The molecule has 0 unspecified atom stereocenters. The third-order valence-corrected chi connectivity index (χ3v) is 5.47. The van der Waals surface area contributed by atoms with E-state index < -0.39 is 27.0 Å². The number of nitro benzene ring substituents is 1. The van der Waals surface area contributed by atoms with Gasteiger partial charge in [0.05, 0.1) is 22.5 Å². The van der Waals surface area contributed by atoms with E-state index in [4.69, 9.17) is 9.57 Å². The summed E-state index contributed by atoms with van der Waals surface area (Å²) < 4.78 is 30.5. The van der Waals surface area contributed by atoms with Crippen LogP contribution < -0.4 is 0 Å². The van der Waals surface area contributed by atoms with Gasteiger partial charge in [-0.15, -0.1) is 0 Å². The van der Waals surface area contributed by atoms with Crippen LogP contribution in [0.5, 0.6) is 0 Å². The van der Waals surface area contributed by atoms with Crippen molar-refractivity contribution in [1.29, 1.82) is 0 Å². The second-order valence-corrected chi connectivity index (χ2v) is 7.46. The van der Waals surface area contributed by atoms with E-state index in [1.54, 1.807) is 13.0 Å². The summed E-state index contributed by atoms with van der Waals surface area (Å²) in [4.78, 5) is 27.2. The quantitative estimate of drug-likeness (QED) is 0.403. The zero-order chi connectivity index (χ0) is 20.2. The average Bonchev–Trinajstić information content (AvgIpc) is 2.67. The van der Waals surface area contributed by atoms with E-state index in [0.717, 1.165) is 0 Å². The summed E-state index contributed by atoms with van der Waals surface area (Å²) >= 11 is 0. The molecule has 27 heavy (non-hydrogen) atoms. The number of hydrogen-bond acceptors (Lipinski definition) is 7. The van der Waals surface area contributed by atoms with Crippen molar-refractivity contribution in [2.45, 2.75) is 17.9 Å². The topological polar surface area (TPSA) is 116 Å². The Morgan fingerprint density at radius 2 is 1.85 bits per heavy atom. The molecule has 10 heteroatoms. The minimum atomic E-state index is -3.91. The highest BCUT2D eigenvalue weighted by Gasteiger charge is 2.23. The van der Waals surface area contributed by atoms with Crippen LogP contribution in [0.2, 0.25) is 0 Å². The first kappa shape index (κ1) is 20.5. The molecular formula is C17H18N2O7S. The van der Waals surface area contributed by atoms with E-state index in [1.165, 1.54) is 56.6 Å². The molecule has 1 atom stereocenters. The Hall–Kier alpha value is -2.82. The molecule has 2 aromatic rings. The fraction of sp³-hybridized carbons (Fsp3) is 0.235. The maximum atomic E-state index is 12.4. The van der Waals surface area contributed by atoms with Gasteiger partial charge >= 0.3 is 5.97 Å². The van der Waals surface area contributed by atoms with Gasteiger partial charge in [-0.2, -0.15) is 0 Å². The molecule has 0 amide bonds. The lowest BCUT2D eigenvalue weighted by Gasteiger charge is -2.16. The highest BCUT2D eigenvalue weighted by molar-refractivity contribution is 7.89. The Labute approximate surface area is 156 Å². The number of carbonyl (C=O) groups excluding carboxylic acids is 1. The smallest absolute Gasteiger partial charge is 0.338 e. The van der Waals surface area contributed by atoms with Gasteiger partial charge in [0.1, 0.15) is 6.10 Å². The van der Waals surface area contributed by atoms with Crippen LogP contribution in [0.3, 0.4) is 0 Å². The van der Waals surface area contributed by atoms with E-state index in [9.17, 15) is 23.3 Å². The normalized spacial score (nSPS) is 12.6. The molecule has 0 aromatic heterocycles. The SMILES string of the molecule is CON(C)S(=O)(=O)c1cccc(C(=O)O[C@H](C)c2cccc([N+](=O)[O-])c2)c1. The number of nitro groups is 1. The second-order valence-electron chi connectivity index (χ2n) is 5.52. The molecule has 2 rings (SSSR count). The van der Waals surface area contributed by atoms with Gasteiger partial charge in [-0.25, -0.2) is 13.2 Å². The monoisotopic (exact) mass is 394 g/mol. The van der Waals surface area contributed by atoms with Crippen molar-refractivity contribution < 1.29 is 27.7 Å². The number of nitrogens with zero attached hydrogens (tertiary/aromatic N) is 2. The van der Waals surface area contributed by atoms with Crippen LogP contribution >= 0.6 is 0 Å². The molecule has 0 radical (unpaired) electrons. The molecule has 0 saturated heterocycles. The maximum Gasteiger partial charge on any atom is 0.338 e. The summed E-state index contributed by atoms with van der Waals surface area (Å²) in [5.41, 5.74) is 0.351. The molecule has 0 fully saturated rings. The first-order chi connectivity index (χ1) is 12.7. The van der Waals surface area contributed by atoms with Crippen LogP contribution in [0.25, 0.3) is 0 Å². The molecule has 0 spiro atoms. The minimum absolute atomic E-state index is 0.0258. The third kappa shape index (κ3) is 4.67. The van der Waals surface area contributed by atoms with Gasteiger partial charge in [-0.05, 0) is 30.7 Å². The maximum absolute atomic E-state index is 12.4. The van der Waals surface area contributed by atoms with E-state index in [-0.39, 0.29) is 16.1 Å². The Balaban J connectivity index is 2.23. The molecule has 0 aliphatic carbocycles. The first-order valence-electron chi connectivity index (χ1n) is 7.75. The van der Waals surface area contributed by atoms with Gasteiger partial charge in [-0.3, -0.25) is 15.0 Å². The van der Waals surface area contributed by atoms with Crippen LogP contribution in [0.4, 0.5) is 5.69 Å². The van der Waals surface area contributed by atoms with E-state index in [0.29, 0.717) is 10.0 Å². The molecule has 144 valence electrons. The fourth-order valence-corrected chi connectivity index (χ4v) is 3.24. The number of sulfonamides is 1. The van der Waals surface area contributed by atoms with Crippen molar-refractivity contribution in [3.63, 3.8) is 0 Å². The predicted molar refractivity (Wildman–Crippen MR) is 95.3 cm³/mol. The zero-order valence-corrected chi connectivity index (χ0v) is 15.7. The van der Waals surface area contributed by atoms with Crippen LogP contribution in [0, 0.1) is 10.1 Å². The number of ether oxygens (including phenoxy) is 1. The predicted octanol–water partition coefficient (Wildman–Crippen LogP) is 2.69. The number of esters is 1. The number of hydroxylamine groups is 1. The highest BCUT2D eigenvalue weighted by atomic mass is 32.2. The number of rotatable bonds is 7. The van der Waals surface area contributed by atoms with Crippen LogP contribution in [-0.4, -0.2) is 37.9 Å². The number of non-ortho nitro benzene ring substituents is 1. The Bertz CT molecular complexity index is 959. The zero-order valence-electron chi connectivity index (χ0n) is 14.9. The van der Waals surface area contributed by atoms with Gasteiger partial charge in [0.15, 0.2) is 0 Å². The number of hydrogen-bond donors (Lipinski definition) is 0. The standard InChI is InChI=1S/C17H18N2O7S/c1-12(13-6-4-8-15(10-13)19(21)22)26-17(20)14-7-5-9-16(11-14)27(23,24)18(2)25-3/h4-12H,1-3H3/t12-/m1/s1. The summed E-state index contributed by atoms with van der Waals surface area (Å²) in [5.74, 6) is -0.758. The van der Waals surface area contributed by atoms with Gasteiger partial charge in [0.2, 0.25) is 0 Å². The lowest BCUT2D eigenvalue weighted by molar-refractivity contribution is -0.385. The van der Waals surface area contributed by atoms with Crippen molar-refractivity contribution in [2.24, 2.45) is 0 Å². The molecule has 2 aromatic carbocycles. The van der Waals surface area contributed by atoms with Gasteiger partial charge in [-0.1, -0.05) is 22.7 Å². The van der Waals surface area contributed by atoms with Crippen molar-refractivity contribution >= 4 is 21.7 Å². The fourth-order valence-electron chi connectivity index (χ4n) is 2.22. The highest BCUT2D eigenvalue weighted by Crippen LogP contribution is 2.23. The van der Waals surface area contributed by atoms with Crippen LogP contribution in [0.1, 0.15) is 28.9 Å². The van der Waals surface area contributed by atoms with Crippen molar-refractivity contribution in [3.8, 4) is 0 Å². The summed E-state index contributed by atoms with van der Waals surface area (Å²) in [6.45, 7) is 1.57. The van der Waals surface area contributed by atoms with Gasteiger partial charge in [0.25, 0.3) is 15.7 Å². The molecule has 9 nitrogen and oxygen atoms in total. The summed E-state index contributed by atoms with van der Waals surface area (Å²) in [6.07, 6.45) is -0.765. The number of benzene rings is 2.